The lowest BCUT2D eigenvalue weighted by Gasteiger charge is -2.11. The summed E-state index contributed by atoms with van der Waals surface area (Å²) in [7, 11) is -0.765. The van der Waals surface area contributed by atoms with E-state index in [1.807, 2.05) is 0 Å². The average molecular weight is 334 g/mol. The molecule has 7 heteroatoms. The summed E-state index contributed by atoms with van der Waals surface area (Å²) < 4.78 is 32.4. The third kappa shape index (κ3) is 4.23. The van der Waals surface area contributed by atoms with Crippen molar-refractivity contribution in [3.05, 3.63) is 54.1 Å². The molecule has 0 spiro atoms. The Morgan fingerprint density at radius 2 is 1.74 bits per heavy atom. The highest BCUT2D eigenvalue weighted by molar-refractivity contribution is 7.92. The Morgan fingerprint density at radius 3 is 2.35 bits per heavy atom. The zero-order valence-electron chi connectivity index (χ0n) is 12.9. The third-order valence-corrected chi connectivity index (χ3v) is 4.63. The van der Waals surface area contributed by atoms with Crippen LogP contribution in [0.1, 0.15) is 5.56 Å². The van der Waals surface area contributed by atoms with Crippen molar-refractivity contribution in [1.29, 1.82) is 0 Å². The molecule has 0 aliphatic heterocycles. The predicted molar refractivity (Wildman–Crippen MR) is 88.0 cm³/mol. The quantitative estimate of drug-likeness (QED) is 0.843. The van der Waals surface area contributed by atoms with Crippen molar-refractivity contribution in [3.8, 4) is 5.75 Å². The van der Waals surface area contributed by atoms with Crippen molar-refractivity contribution in [2.24, 2.45) is 0 Å². The summed E-state index contributed by atoms with van der Waals surface area (Å²) in [5.74, 6) is 0.170. The number of para-hydroxylation sites is 1. The van der Waals surface area contributed by atoms with Crippen molar-refractivity contribution in [3.63, 3.8) is 0 Å². The average Bonchev–Trinajstić information content (AvgIpc) is 2.56. The van der Waals surface area contributed by atoms with Crippen LogP contribution in [0.15, 0.2) is 53.4 Å². The maximum absolute atomic E-state index is 12.4. The number of amides is 1. The number of anilines is 1. The van der Waals surface area contributed by atoms with Gasteiger partial charge in [-0.15, -0.1) is 0 Å². The third-order valence-electron chi connectivity index (χ3n) is 3.21. The van der Waals surface area contributed by atoms with Gasteiger partial charge in [0.25, 0.3) is 10.0 Å². The molecule has 0 radical (unpaired) electrons. The Hall–Kier alpha value is -2.54. The number of methoxy groups -OCH3 is 1. The van der Waals surface area contributed by atoms with Gasteiger partial charge in [0.15, 0.2) is 0 Å². The summed E-state index contributed by atoms with van der Waals surface area (Å²) in [6.45, 7) is 0. The fourth-order valence-corrected chi connectivity index (χ4v) is 3.25. The molecule has 2 aromatic rings. The fourth-order valence-electron chi connectivity index (χ4n) is 2.02. The Balaban J connectivity index is 2.19. The lowest BCUT2D eigenvalue weighted by atomic mass is 10.1. The van der Waals surface area contributed by atoms with Crippen molar-refractivity contribution in [1.82, 2.24) is 5.32 Å². The SMILES string of the molecule is CNC(=O)Cc1ccc(NS(=O)(=O)c2ccccc2OC)cc1. The minimum atomic E-state index is -3.75. The molecule has 122 valence electrons. The van der Waals surface area contributed by atoms with Gasteiger partial charge in [-0.25, -0.2) is 8.42 Å². The predicted octanol–water partition coefficient (Wildman–Crippen LogP) is 1.78. The number of hydrogen-bond donors (Lipinski definition) is 2. The summed E-state index contributed by atoms with van der Waals surface area (Å²) in [4.78, 5) is 11.4. The molecule has 23 heavy (non-hydrogen) atoms. The number of carbonyl (C=O) groups is 1. The minimum Gasteiger partial charge on any atom is -0.495 e. The van der Waals surface area contributed by atoms with Gasteiger partial charge >= 0.3 is 0 Å². The number of rotatable bonds is 6. The second-order valence-electron chi connectivity index (χ2n) is 4.80. The molecule has 0 fully saturated rings. The maximum atomic E-state index is 12.4. The van der Waals surface area contributed by atoms with Crippen molar-refractivity contribution in [2.75, 3.05) is 18.9 Å². The van der Waals surface area contributed by atoms with Crippen LogP contribution in [0.25, 0.3) is 0 Å². The number of nitrogens with one attached hydrogen (secondary N) is 2. The van der Waals surface area contributed by atoms with Crippen LogP contribution in [-0.2, 0) is 21.2 Å². The van der Waals surface area contributed by atoms with E-state index in [1.54, 1.807) is 49.5 Å². The van der Waals surface area contributed by atoms with Crippen molar-refractivity contribution in [2.45, 2.75) is 11.3 Å². The lowest BCUT2D eigenvalue weighted by molar-refractivity contribution is -0.119. The molecule has 0 saturated heterocycles. The molecule has 0 aliphatic rings. The largest absolute Gasteiger partial charge is 0.495 e. The molecule has 0 unspecified atom stereocenters. The first kappa shape index (κ1) is 16.8. The minimum absolute atomic E-state index is 0.0666. The molecule has 0 aromatic heterocycles. The number of carbonyl (C=O) groups excluding carboxylic acids is 1. The van der Waals surface area contributed by atoms with E-state index in [9.17, 15) is 13.2 Å². The second-order valence-corrected chi connectivity index (χ2v) is 6.45. The Kier molecular flexibility index (Phi) is 5.23. The first-order valence-electron chi connectivity index (χ1n) is 6.91. The maximum Gasteiger partial charge on any atom is 0.265 e. The van der Waals surface area contributed by atoms with Crippen LogP contribution in [0, 0.1) is 0 Å². The van der Waals surface area contributed by atoms with E-state index >= 15 is 0 Å². The standard InChI is InChI=1S/C16H18N2O4S/c1-17-16(19)11-12-7-9-13(10-8-12)18-23(20,21)15-6-4-3-5-14(15)22-2/h3-10,18H,11H2,1-2H3,(H,17,19). The van der Waals surface area contributed by atoms with Gasteiger partial charge in [0.1, 0.15) is 10.6 Å². The van der Waals surface area contributed by atoms with E-state index in [4.69, 9.17) is 4.74 Å². The number of sulfonamides is 1. The van der Waals surface area contributed by atoms with E-state index in [-0.39, 0.29) is 23.0 Å². The molecule has 0 heterocycles. The zero-order valence-corrected chi connectivity index (χ0v) is 13.7. The Morgan fingerprint density at radius 1 is 1.09 bits per heavy atom. The van der Waals surface area contributed by atoms with Crippen molar-refractivity contribution >= 4 is 21.6 Å². The summed E-state index contributed by atoms with van der Waals surface area (Å²) >= 11 is 0. The van der Waals surface area contributed by atoms with Gasteiger partial charge in [0, 0.05) is 12.7 Å². The zero-order chi connectivity index (χ0) is 16.9. The Bertz CT molecular complexity index is 786. The van der Waals surface area contributed by atoms with Gasteiger partial charge in [-0.05, 0) is 29.8 Å². The van der Waals surface area contributed by atoms with Crippen LogP contribution in [0.3, 0.4) is 0 Å². The monoisotopic (exact) mass is 334 g/mol. The van der Waals surface area contributed by atoms with E-state index in [0.29, 0.717) is 5.69 Å². The van der Waals surface area contributed by atoms with Gasteiger partial charge in [-0.3, -0.25) is 9.52 Å². The van der Waals surface area contributed by atoms with Gasteiger partial charge < -0.3 is 10.1 Å². The van der Waals surface area contributed by atoms with Gasteiger partial charge in [-0.2, -0.15) is 0 Å². The summed E-state index contributed by atoms with van der Waals surface area (Å²) in [6.07, 6.45) is 0.246. The highest BCUT2D eigenvalue weighted by atomic mass is 32.2. The van der Waals surface area contributed by atoms with E-state index < -0.39 is 10.0 Å². The van der Waals surface area contributed by atoms with E-state index in [0.717, 1.165) is 5.56 Å². The molecule has 6 nitrogen and oxygen atoms in total. The second kappa shape index (κ2) is 7.15. The highest BCUT2D eigenvalue weighted by Crippen LogP contribution is 2.25. The summed E-state index contributed by atoms with van der Waals surface area (Å²) in [5.41, 5.74) is 1.21. The van der Waals surface area contributed by atoms with E-state index in [1.165, 1.54) is 13.2 Å². The molecule has 0 atom stereocenters. The van der Waals surface area contributed by atoms with Gasteiger partial charge in [0.2, 0.25) is 5.91 Å². The van der Waals surface area contributed by atoms with Gasteiger partial charge in [0.05, 0.1) is 13.5 Å². The van der Waals surface area contributed by atoms with Gasteiger partial charge in [-0.1, -0.05) is 24.3 Å². The molecule has 2 N–H and O–H groups in total. The lowest BCUT2D eigenvalue weighted by Crippen LogP contribution is -2.19. The summed E-state index contributed by atoms with van der Waals surface area (Å²) in [5, 5.41) is 2.54. The number of benzene rings is 2. The molecule has 2 rings (SSSR count). The molecule has 0 saturated carbocycles. The van der Waals surface area contributed by atoms with Crippen LogP contribution < -0.4 is 14.8 Å². The summed E-state index contributed by atoms with van der Waals surface area (Å²) in [6, 6.07) is 13.0. The molecule has 0 aliphatic carbocycles. The molecule has 1 amide bonds. The highest BCUT2D eigenvalue weighted by Gasteiger charge is 2.18. The van der Waals surface area contributed by atoms with Crippen LogP contribution >= 0.6 is 0 Å². The smallest absolute Gasteiger partial charge is 0.265 e. The first-order valence-corrected chi connectivity index (χ1v) is 8.40. The van der Waals surface area contributed by atoms with E-state index in [2.05, 4.69) is 10.0 Å². The number of likely N-dealkylation sites (N-methyl/N-ethyl adjacent to an activating group) is 1. The number of hydrogen-bond acceptors (Lipinski definition) is 4. The van der Waals surface area contributed by atoms with Crippen molar-refractivity contribution < 1.29 is 17.9 Å². The van der Waals surface area contributed by atoms with Crippen LogP contribution in [0.4, 0.5) is 5.69 Å². The van der Waals surface area contributed by atoms with Crippen LogP contribution in [0.5, 0.6) is 5.75 Å². The number of ether oxygens (including phenoxy) is 1. The molecule has 0 bridgehead atoms. The first-order chi connectivity index (χ1) is 11.0. The normalized spacial score (nSPS) is 10.9. The Labute approximate surface area is 135 Å². The molecule has 2 aromatic carbocycles. The van der Waals surface area contributed by atoms with Crippen LogP contribution in [0.2, 0.25) is 0 Å². The molecular formula is C16H18N2O4S. The molecular weight excluding hydrogens is 316 g/mol. The fraction of sp³-hybridized carbons (Fsp3) is 0.188. The topological polar surface area (TPSA) is 84.5 Å². The van der Waals surface area contributed by atoms with Crippen LogP contribution in [-0.4, -0.2) is 28.5 Å².